The molecule has 0 heterocycles. The zero-order valence-electron chi connectivity index (χ0n) is 11.7. The Hall–Kier alpha value is -2.42. The van der Waals surface area contributed by atoms with Gasteiger partial charge in [0.05, 0.1) is 0 Å². The Morgan fingerprint density at radius 2 is 1.70 bits per heavy atom. The van der Waals surface area contributed by atoms with Crippen molar-refractivity contribution in [3.63, 3.8) is 0 Å². The zero-order chi connectivity index (χ0) is 14.5. The number of nitrogens with zero attached hydrogens (tertiary/aromatic N) is 1. The second-order valence-electron chi connectivity index (χ2n) is 4.58. The number of likely N-dealkylation sites (N-methyl/N-ethyl adjacent to an activating group) is 1. The van der Waals surface area contributed by atoms with E-state index in [9.17, 15) is 9.59 Å². The van der Waals surface area contributed by atoms with E-state index < -0.39 is 11.7 Å². The summed E-state index contributed by atoms with van der Waals surface area (Å²) in [7, 11) is 0. The number of rotatable bonds is 4. The van der Waals surface area contributed by atoms with Gasteiger partial charge in [-0.15, -0.1) is 0 Å². The molecule has 2 aromatic carbocycles. The minimum absolute atomic E-state index is 0.420. The third kappa shape index (κ3) is 2.94. The molecule has 0 aliphatic heterocycles. The van der Waals surface area contributed by atoms with Gasteiger partial charge in [-0.2, -0.15) is 0 Å². The quantitative estimate of drug-likeness (QED) is 0.630. The fourth-order valence-corrected chi connectivity index (χ4v) is 2.07. The molecule has 102 valence electrons. The van der Waals surface area contributed by atoms with Gasteiger partial charge in [-0.25, -0.2) is 0 Å². The number of aryl methyl sites for hydroxylation is 1. The molecule has 0 unspecified atom stereocenters. The van der Waals surface area contributed by atoms with Gasteiger partial charge in [-0.1, -0.05) is 42.5 Å². The number of Topliss-reactive ketones (excluding diaryl/α,β-unsaturated/α-hetero) is 1. The summed E-state index contributed by atoms with van der Waals surface area (Å²) < 4.78 is 0. The van der Waals surface area contributed by atoms with Crippen LogP contribution in [-0.4, -0.2) is 18.2 Å². The summed E-state index contributed by atoms with van der Waals surface area (Å²) in [5, 5.41) is 0. The van der Waals surface area contributed by atoms with E-state index in [0.29, 0.717) is 12.1 Å². The lowest BCUT2D eigenvalue weighted by molar-refractivity contribution is -0.114. The molecule has 3 nitrogen and oxygen atoms in total. The molecule has 0 fully saturated rings. The molecular formula is C17H17NO2. The van der Waals surface area contributed by atoms with Crippen LogP contribution in [0, 0.1) is 6.92 Å². The largest absolute Gasteiger partial charge is 0.306 e. The molecule has 0 radical (unpaired) electrons. The number of carbonyl (C=O) groups is 2. The summed E-state index contributed by atoms with van der Waals surface area (Å²) in [5.41, 5.74) is 2.23. The second-order valence-corrected chi connectivity index (χ2v) is 4.58. The Labute approximate surface area is 118 Å². The highest BCUT2D eigenvalue weighted by Crippen LogP contribution is 2.17. The summed E-state index contributed by atoms with van der Waals surface area (Å²) in [4.78, 5) is 26.1. The predicted molar refractivity (Wildman–Crippen MR) is 80.0 cm³/mol. The lowest BCUT2D eigenvalue weighted by atomic mass is 10.1. The topological polar surface area (TPSA) is 37.4 Å². The van der Waals surface area contributed by atoms with Crippen molar-refractivity contribution < 1.29 is 9.59 Å². The first-order valence-electron chi connectivity index (χ1n) is 6.61. The van der Waals surface area contributed by atoms with Gasteiger partial charge in [0.2, 0.25) is 0 Å². The third-order valence-electron chi connectivity index (χ3n) is 3.10. The molecule has 0 aliphatic carbocycles. The van der Waals surface area contributed by atoms with Crippen molar-refractivity contribution in [1.82, 2.24) is 0 Å². The lowest BCUT2D eigenvalue weighted by Gasteiger charge is -2.20. The Kier molecular flexibility index (Phi) is 4.31. The molecule has 0 aliphatic rings. The van der Waals surface area contributed by atoms with Crippen LogP contribution in [0.25, 0.3) is 0 Å². The van der Waals surface area contributed by atoms with Crippen LogP contribution >= 0.6 is 0 Å². The molecule has 0 saturated carbocycles. The first-order valence-corrected chi connectivity index (χ1v) is 6.61. The molecule has 2 rings (SSSR count). The maximum atomic E-state index is 12.4. The molecule has 0 bridgehead atoms. The van der Waals surface area contributed by atoms with Crippen LogP contribution in [0.2, 0.25) is 0 Å². The highest BCUT2D eigenvalue weighted by atomic mass is 16.2. The Bertz CT molecular complexity index is 620. The smallest absolute Gasteiger partial charge is 0.299 e. The second kappa shape index (κ2) is 6.15. The molecule has 0 saturated heterocycles. The average molecular weight is 267 g/mol. The van der Waals surface area contributed by atoms with Gasteiger partial charge in [-0.05, 0) is 31.5 Å². The zero-order valence-corrected chi connectivity index (χ0v) is 11.7. The van der Waals surface area contributed by atoms with E-state index in [1.54, 1.807) is 24.3 Å². The standard InChI is InChI=1S/C17H17NO2/c1-3-18(15-11-7-8-13(2)12-15)17(20)16(19)14-9-5-4-6-10-14/h4-12H,3H2,1-2H3. The molecular weight excluding hydrogens is 250 g/mol. The van der Waals surface area contributed by atoms with Crippen LogP contribution in [0.3, 0.4) is 0 Å². The number of benzene rings is 2. The van der Waals surface area contributed by atoms with E-state index in [-0.39, 0.29) is 0 Å². The van der Waals surface area contributed by atoms with Crippen LogP contribution in [0.4, 0.5) is 5.69 Å². The molecule has 0 aromatic heterocycles. The molecule has 0 N–H and O–H groups in total. The monoisotopic (exact) mass is 267 g/mol. The van der Waals surface area contributed by atoms with Crippen molar-refractivity contribution in [2.24, 2.45) is 0 Å². The maximum Gasteiger partial charge on any atom is 0.299 e. The van der Waals surface area contributed by atoms with Gasteiger partial charge in [-0.3, -0.25) is 9.59 Å². The summed E-state index contributed by atoms with van der Waals surface area (Å²) in [6.45, 7) is 4.28. The van der Waals surface area contributed by atoms with E-state index in [4.69, 9.17) is 0 Å². The van der Waals surface area contributed by atoms with Gasteiger partial charge in [0.1, 0.15) is 0 Å². The van der Waals surface area contributed by atoms with Crippen molar-refractivity contribution in [2.45, 2.75) is 13.8 Å². The lowest BCUT2D eigenvalue weighted by Crippen LogP contribution is -2.36. The van der Waals surface area contributed by atoms with Gasteiger partial charge >= 0.3 is 0 Å². The summed E-state index contributed by atoms with van der Waals surface area (Å²) in [6, 6.07) is 16.2. The van der Waals surface area contributed by atoms with E-state index >= 15 is 0 Å². The van der Waals surface area contributed by atoms with Crippen molar-refractivity contribution in [2.75, 3.05) is 11.4 Å². The van der Waals surface area contributed by atoms with E-state index in [2.05, 4.69) is 0 Å². The molecule has 1 amide bonds. The fourth-order valence-electron chi connectivity index (χ4n) is 2.07. The highest BCUT2D eigenvalue weighted by Gasteiger charge is 2.23. The fraction of sp³-hybridized carbons (Fsp3) is 0.176. The normalized spacial score (nSPS) is 10.1. The Balaban J connectivity index is 2.28. The first-order chi connectivity index (χ1) is 9.63. The Morgan fingerprint density at radius 1 is 1.00 bits per heavy atom. The van der Waals surface area contributed by atoms with E-state index in [0.717, 1.165) is 11.3 Å². The molecule has 20 heavy (non-hydrogen) atoms. The van der Waals surface area contributed by atoms with Crippen molar-refractivity contribution >= 4 is 17.4 Å². The average Bonchev–Trinajstić information content (AvgIpc) is 2.48. The van der Waals surface area contributed by atoms with Crippen molar-refractivity contribution in [1.29, 1.82) is 0 Å². The van der Waals surface area contributed by atoms with Gasteiger partial charge in [0.15, 0.2) is 0 Å². The van der Waals surface area contributed by atoms with Crippen LogP contribution < -0.4 is 4.90 Å². The van der Waals surface area contributed by atoms with Crippen LogP contribution in [-0.2, 0) is 4.79 Å². The van der Waals surface area contributed by atoms with E-state index in [1.807, 2.05) is 44.2 Å². The van der Waals surface area contributed by atoms with Crippen molar-refractivity contribution in [3.8, 4) is 0 Å². The predicted octanol–water partition coefficient (Wildman–Crippen LogP) is 3.23. The third-order valence-corrected chi connectivity index (χ3v) is 3.10. The number of amides is 1. The number of carbonyl (C=O) groups excluding carboxylic acids is 2. The maximum absolute atomic E-state index is 12.4. The van der Waals surface area contributed by atoms with Crippen LogP contribution in [0.15, 0.2) is 54.6 Å². The van der Waals surface area contributed by atoms with E-state index in [1.165, 1.54) is 4.90 Å². The van der Waals surface area contributed by atoms with Gasteiger partial charge in [0, 0.05) is 17.8 Å². The molecule has 2 aromatic rings. The molecule has 3 heteroatoms. The summed E-state index contributed by atoms with van der Waals surface area (Å²) in [6.07, 6.45) is 0. The Morgan fingerprint density at radius 3 is 2.30 bits per heavy atom. The minimum atomic E-state index is -0.496. The first kappa shape index (κ1) is 14.0. The molecule has 0 spiro atoms. The minimum Gasteiger partial charge on any atom is -0.306 e. The van der Waals surface area contributed by atoms with Crippen LogP contribution in [0.1, 0.15) is 22.8 Å². The number of hydrogen-bond donors (Lipinski definition) is 0. The van der Waals surface area contributed by atoms with Crippen molar-refractivity contribution in [3.05, 3.63) is 65.7 Å². The van der Waals surface area contributed by atoms with Gasteiger partial charge < -0.3 is 4.90 Å². The summed E-state index contributed by atoms with van der Waals surface area (Å²) in [5.74, 6) is -0.974. The highest BCUT2D eigenvalue weighted by molar-refractivity contribution is 6.47. The number of hydrogen-bond acceptors (Lipinski definition) is 2. The number of ketones is 1. The van der Waals surface area contributed by atoms with Crippen LogP contribution in [0.5, 0.6) is 0 Å². The van der Waals surface area contributed by atoms with Gasteiger partial charge in [0.25, 0.3) is 11.7 Å². The summed E-state index contributed by atoms with van der Waals surface area (Å²) >= 11 is 0. The number of anilines is 1. The molecule has 0 atom stereocenters. The SMILES string of the molecule is CCN(C(=O)C(=O)c1ccccc1)c1cccc(C)c1.